The van der Waals surface area contributed by atoms with E-state index in [1.54, 1.807) is 6.92 Å². The molecule has 0 saturated carbocycles. The first-order chi connectivity index (χ1) is 14.6. The van der Waals surface area contributed by atoms with E-state index in [1.807, 2.05) is 0 Å². The zero-order chi connectivity index (χ0) is 22.8. The van der Waals surface area contributed by atoms with Crippen molar-refractivity contribution in [2.45, 2.75) is 19.1 Å². The number of halogens is 3. The summed E-state index contributed by atoms with van der Waals surface area (Å²) in [6.45, 7) is 2.51. The number of aromatic nitrogens is 4. The molecule has 1 aliphatic heterocycles. The van der Waals surface area contributed by atoms with Crippen molar-refractivity contribution in [2.75, 3.05) is 26.2 Å². The number of nitro groups is 1. The molecule has 1 saturated heterocycles. The van der Waals surface area contributed by atoms with Crippen molar-refractivity contribution in [1.29, 1.82) is 0 Å². The minimum absolute atomic E-state index is 0.109. The number of rotatable bonds is 5. The number of aryl methyl sites for hydroxylation is 1. The van der Waals surface area contributed by atoms with Crippen molar-refractivity contribution in [2.24, 2.45) is 7.05 Å². The second kappa shape index (κ2) is 8.71. The molecule has 1 amide bonds. The highest BCUT2D eigenvalue weighted by Gasteiger charge is 2.39. The van der Waals surface area contributed by atoms with Crippen LogP contribution in [0.4, 0.5) is 23.7 Å². The van der Waals surface area contributed by atoms with Gasteiger partial charge >= 0.3 is 23.8 Å². The van der Waals surface area contributed by atoms with Crippen molar-refractivity contribution in [3.63, 3.8) is 0 Å². The molecular formula is C16H18F3N7O5. The van der Waals surface area contributed by atoms with Gasteiger partial charge in [0, 0.05) is 32.7 Å². The zero-order valence-corrected chi connectivity index (χ0v) is 16.4. The first-order valence-electron chi connectivity index (χ1n) is 9.06. The van der Waals surface area contributed by atoms with Crippen molar-refractivity contribution in [3.8, 4) is 11.8 Å². The van der Waals surface area contributed by atoms with E-state index in [9.17, 15) is 28.1 Å². The van der Waals surface area contributed by atoms with Crippen LogP contribution in [0.25, 0.3) is 0 Å². The fourth-order valence-corrected chi connectivity index (χ4v) is 3.02. The van der Waals surface area contributed by atoms with E-state index >= 15 is 0 Å². The number of alkyl halides is 3. The van der Waals surface area contributed by atoms with Gasteiger partial charge in [0.2, 0.25) is 5.88 Å². The molecule has 3 rings (SSSR count). The molecule has 0 aromatic carbocycles. The number of hydrogen-bond donors (Lipinski definition) is 1. The fourth-order valence-electron chi connectivity index (χ4n) is 3.02. The molecule has 15 heteroatoms. The summed E-state index contributed by atoms with van der Waals surface area (Å²) < 4.78 is 49.8. The minimum Gasteiger partial charge on any atom is -0.450 e. The van der Waals surface area contributed by atoms with Crippen molar-refractivity contribution < 1.29 is 32.4 Å². The van der Waals surface area contributed by atoms with Gasteiger partial charge in [0.25, 0.3) is 0 Å². The third-order valence-electron chi connectivity index (χ3n) is 4.39. The Balaban J connectivity index is 2.01. The predicted octanol–water partition coefficient (Wildman–Crippen LogP) is 2.03. The minimum atomic E-state index is -4.73. The Bertz CT molecular complexity index is 981. The van der Waals surface area contributed by atoms with Gasteiger partial charge in [-0.15, -0.1) is 0 Å². The second-order valence-electron chi connectivity index (χ2n) is 6.37. The summed E-state index contributed by atoms with van der Waals surface area (Å²) in [4.78, 5) is 32.3. The summed E-state index contributed by atoms with van der Waals surface area (Å²) in [7, 11) is 1.19. The molecule has 0 radical (unpaired) electrons. The lowest BCUT2D eigenvalue weighted by molar-refractivity contribution is -0.387. The molecule has 1 atom stereocenters. The maximum Gasteiger partial charge on any atom is 0.435 e. The molecule has 1 N–H and O–H groups in total. The third-order valence-corrected chi connectivity index (χ3v) is 4.39. The maximum absolute atomic E-state index is 12.9. The van der Waals surface area contributed by atoms with Gasteiger partial charge in [-0.1, -0.05) is 0 Å². The van der Waals surface area contributed by atoms with E-state index in [0.717, 1.165) is 11.0 Å². The molecule has 0 bridgehead atoms. The third kappa shape index (κ3) is 4.65. The quantitative estimate of drug-likeness (QED) is 0.541. The summed E-state index contributed by atoms with van der Waals surface area (Å²) in [6, 6.07) is -0.283. The van der Waals surface area contributed by atoms with E-state index in [0.29, 0.717) is 12.6 Å². The van der Waals surface area contributed by atoms with Gasteiger partial charge in [-0.2, -0.15) is 23.3 Å². The number of nitrogens with zero attached hydrogens (tertiary/aromatic N) is 6. The highest BCUT2D eigenvalue weighted by Crippen LogP contribution is 2.38. The van der Waals surface area contributed by atoms with Crippen LogP contribution in [0.3, 0.4) is 0 Å². The molecule has 31 heavy (non-hydrogen) atoms. The molecule has 3 heterocycles. The van der Waals surface area contributed by atoms with Crippen LogP contribution in [0.2, 0.25) is 0 Å². The number of nitrogens with one attached hydrogen (secondary N) is 1. The van der Waals surface area contributed by atoms with Gasteiger partial charge in [0.1, 0.15) is 12.0 Å². The fraction of sp³-hybridized carbons (Fsp3) is 0.500. The number of carbonyl (C=O) groups excluding carboxylic acids is 1. The number of ether oxygens (including phenoxy) is 2. The van der Waals surface area contributed by atoms with Gasteiger partial charge in [-0.05, 0) is 6.92 Å². The Morgan fingerprint density at radius 1 is 1.42 bits per heavy atom. The second-order valence-corrected chi connectivity index (χ2v) is 6.37. The average molecular weight is 445 g/mol. The topological polar surface area (TPSA) is 138 Å². The Labute approximate surface area is 173 Å². The monoisotopic (exact) mass is 445 g/mol. The summed E-state index contributed by atoms with van der Waals surface area (Å²) in [5, 5.41) is 18.1. The molecule has 1 aliphatic rings. The van der Waals surface area contributed by atoms with Crippen LogP contribution in [0.15, 0.2) is 12.4 Å². The van der Waals surface area contributed by atoms with Crippen LogP contribution < -0.4 is 10.1 Å². The molecule has 1 fully saturated rings. The predicted molar refractivity (Wildman–Crippen MR) is 96.3 cm³/mol. The Kier molecular flexibility index (Phi) is 6.24. The van der Waals surface area contributed by atoms with Crippen LogP contribution >= 0.6 is 0 Å². The van der Waals surface area contributed by atoms with Crippen molar-refractivity contribution in [3.05, 3.63) is 33.9 Å². The molecule has 12 nitrogen and oxygen atoms in total. The average Bonchev–Trinajstić information content (AvgIpc) is 3.08. The lowest BCUT2D eigenvalue weighted by Crippen LogP contribution is -2.49. The maximum atomic E-state index is 12.9. The lowest BCUT2D eigenvalue weighted by Gasteiger charge is -2.34. The number of carbonyl (C=O) groups is 1. The van der Waals surface area contributed by atoms with Crippen molar-refractivity contribution in [1.82, 2.24) is 30.0 Å². The Morgan fingerprint density at radius 3 is 2.77 bits per heavy atom. The first kappa shape index (κ1) is 22.2. The zero-order valence-electron chi connectivity index (χ0n) is 16.4. The van der Waals surface area contributed by atoms with Gasteiger partial charge < -0.3 is 14.8 Å². The van der Waals surface area contributed by atoms with Crippen LogP contribution in [-0.4, -0.2) is 61.9 Å². The van der Waals surface area contributed by atoms with Crippen LogP contribution in [0.5, 0.6) is 11.8 Å². The largest absolute Gasteiger partial charge is 0.450 e. The number of amides is 1. The summed E-state index contributed by atoms with van der Waals surface area (Å²) in [5.41, 5.74) is -2.05. The Morgan fingerprint density at radius 2 is 2.16 bits per heavy atom. The molecule has 168 valence electrons. The highest BCUT2D eigenvalue weighted by molar-refractivity contribution is 5.69. The number of piperazine rings is 1. The van der Waals surface area contributed by atoms with Crippen molar-refractivity contribution >= 4 is 11.8 Å². The normalized spacial score (nSPS) is 16.8. The molecular weight excluding hydrogens is 427 g/mol. The van der Waals surface area contributed by atoms with Crippen LogP contribution in [0, 0.1) is 10.1 Å². The molecule has 0 spiro atoms. The molecule has 0 aliphatic carbocycles. The summed E-state index contributed by atoms with van der Waals surface area (Å²) >= 11 is 0. The van der Waals surface area contributed by atoms with Gasteiger partial charge in [0.05, 0.1) is 17.6 Å². The standard InChI is InChI=1S/C16H18F3N7O5/c1-3-30-15(27)25-5-4-20-7-9(25)12-13(26(28)29)14(22-8-21-12)31-11-6-10(16(17,18)19)23-24(11)2/h6,8-9,20H,3-5,7H2,1-2H3. The van der Waals surface area contributed by atoms with Gasteiger partial charge in [-0.3, -0.25) is 15.0 Å². The Hall–Kier alpha value is -3.49. The van der Waals surface area contributed by atoms with E-state index in [1.165, 1.54) is 11.9 Å². The molecule has 1 unspecified atom stereocenters. The lowest BCUT2D eigenvalue weighted by atomic mass is 10.1. The van der Waals surface area contributed by atoms with Crippen LogP contribution in [-0.2, 0) is 18.0 Å². The summed E-state index contributed by atoms with van der Waals surface area (Å²) in [5.74, 6) is -0.995. The van der Waals surface area contributed by atoms with E-state index in [-0.39, 0.29) is 25.4 Å². The highest BCUT2D eigenvalue weighted by atomic mass is 19.4. The van der Waals surface area contributed by atoms with Gasteiger partial charge in [-0.25, -0.2) is 14.5 Å². The first-order valence-corrected chi connectivity index (χ1v) is 9.06. The SMILES string of the molecule is CCOC(=O)N1CCNCC1c1ncnc(Oc2cc(C(F)(F)F)nn2C)c1[N+](=O)[O-]. The summed E-state index contributed by atoms with van der Waals surface area (Å²) in [6.07, 6.45) is -4.43. The smallest absolute Gasteiger partial charge is 0.435 e. The molecule has 2 aromatic heterocycles. The van der Waals surface area contributed by atoms with E-state index in [2.05, 4.69) is 20.4 Å². The molecule has 2 aromatic rings. The van der Waals surface area contributed by atoms with E-state index in [4.69, 9.17) is 9.47 Å². The number of hydrogen-bond acceptors (Lipinski definition) is 9. The van der Waals surface area contributed by atoms with Crippen LogP contribution in [0.1, 0.15) is 24.4 Å². The van der Waals surface area contributed by atoms with E-state index < -0.39 is 46.4 Å². The van der Waals surface area contributed by atoms with Gasteiger partial charge in [0.15, 0.2) is 5.69 Å².